The summed E-state index contributed by atoms with van der Waals surface area (Å²) < 4.78 is 0. The molecule has 2 rings (SSSR count). The van der Waals surface area contributed by atoms with Gasteiger partial charge in [0.2, 0.25) is 0 Å². The number of aliphatic hydroxyl groups is 1. The van der Waals surface area contributed by atoms with Gasteiger partial charge in [0.15, 0.2) is 0 Å². The van der Waals surface area contributed by atoms with Crippen LogP contribution in [-0.2, 0) is 0 Å². The Labute approximate surface area is 83.4 Å². The Bertz CT molecular complexity index is 283. The quantitative estimate of drug-likeness (QED) is 0.757. The van der Waals surface area contributed by atoms with Crippen LogP contribution in [0.2, 0.25) is 0 Å². The summed E-state index contributed by atoms with van der Waals surface area (Å²) >= 11 is 0. The first-order valence-corrected chi connectivity index (χ1v) is 5.00. The predicted octanol–water partition coefficient (Wildman–Crippen LogP) is 1.19. The summed E-state index contributed by atoms with van der Waals surface area (Å²) in [6.45, 7) is 0.178. The lowest BCUT2D eigenvalue weighted by Crippen LogP contribution is -2.39. The Kier molecular flexibility index (Phi) is 2.63. The second kappa shape index (κ2) is 3.92. The third-order valence-electron chi connectivity index (χ3n) is 2.84. The van der Waals surface area contributed by atoms with Crippen LogP contribution in [-0.4, -0.2) is 27.2 Å². The number of nitrogens with one attached hydrogen (secondary N) is 1. The van der Waals surface area contributed by atoms with Gasteiger partial charge >= 0.3 is 0 Å². The highest BCUT2D eigenvalue weighted by molar-refractivity contribution is 5.36. The second-order valence-corrected chi connectivity index (χ2v) is 3.87. The molecule has 0 aromatic carbocycles. The van der Waals surface area contributed by atoms with Crippen LogP contribution in [0.3, 0.4) is 0 Å². The molecule has 4 nitrogen and oxygen atoms in total. The van der Waals surface area contributed by atoms with Gasteiger partial charge in [-0.3, -0.25) is 0 Å². The molecule has 14 heavy (non-hydrogen) atoms. The molecule has 1 fully saturated rings. The van der Waals surface area contributed by atoms with Crippen LogP contribution in [0.1, 0.15) is 25.7 Å². The monoisotopic (exact) mass is 193 g/mol. The van der Waals surface area contributed by atoms with Gasteiger partial charge in [0.25, 0.3) is 0 Å². The van der Waals surface area contributed by atoms with Crippen molar-refractivity contribution in [2.45, 2.75) is 31.2 Å². The van der Waals surface area contributed by atoms with E-state index in [4.69, 9.17) is 0 Å². The summed E-state index contributed by atoms with van der Waals surface area (Å²) in [7, 11) is 0. The van der Waals surface area contributed by atoms with Crippen molar-refractivity contribution >= 4 is 5.82 Å². The minimum Gasteiger partial charge on any atom is -0.394 e. The van der Waals surface area contributed by atoms with Crippen LogP contribution in [0, 0.1) is 0 Å². The van der Waals surface area contributed by atoms with Crippen molar-refractivity contribution < 1.29 is 5.11 Å². The van der Waals surface area contributed by atoms with E-state index < -0.39 is 0 Å². The van der Waals surface area contributed by atoms with Crippen molar-refractivity contribution in [2.75, 3.05) is 11.9 Å². The highest BCUT2D eigenvalue weighted by atomic mass is 16.3. The Morgan fingerprint density at radius 1 is 1.43 bits per heavy atom. The molecule has 1 aromatic rings. The molecular weight excluding hydrogens is 178 g/mol. The van der Waals surface area contributed by atoms with E-state index in [1.54, 1.807) is 6.20 Å². The van der Waals surface area contributed by atoms with Gasteiger partial charge in [0.05, 0.1) is 12.1 Å². The third kappa shape index (κ3) is 1.85. The SMILES string of the molecule is OCC1(Nc2ccncn2)CCCC1. The van der Waals surface area contributed by atoms with E-state index in [0.29, 0.717) is 0 Å². The van der Waals surface area contributed by atoms with E-state index in [9.17, 15) is 5.11 Å². The van der Waals surface area contributed by atoms with Gasteiger partial charge in [-0.1, -0.05) is 12.8 Å². The average Bonchev–Trinajstić information content (AvgIpc) is 2.69. The largest absolute Gasteiger partial charge is 0.394 e. The molecule has 0 radical (unpaired) electrons. The summed E-state index contributed by atoms with van der Waals surface area (Å²) in [4.78, 5) is 7.96. The summed E-state index contributed by atoms with van der Waals surface area (Å²) in [5.41, 5.74) is -0.144. The first-order valence-electron chi connectivity index (χ1n) is 5.00. The molecule has 0 saturated heterocycles. The maximum atomic E-state index is 9.37. The number of rotatable bonds is 3. The third-order valence-corrected chi connectivity index (χ3v) is 2.84. The van der Waals surface area contributed by atoms with Crippen LogP contribution in [0.25, 0.3) is 0 Å². The molecule has 0 unspecified atom stereocenters. The van der Waals surface area contributed by atoms with Crippen molar-refractivity contribution in [3.63, 3.8) is 0 Å². The highest BCUT2D eigenvalue weighted by Crippen LogP contribution is 2.31. The normalized spacial score (nSPS) is 19.5. The van der Waals surface area contributed by atoms with Crippen LogP contribution in [0.4, 0.5) is 5.82 Å². The second-order valence-electron chi connectivity index (χ2n) is 3.87. The first-order chi connectivity index (χ1) is 6.85. The zero-order valence-electron chi connectivity index (χ0n) is 8.11. The maximum absolute atomic E-state index is 9.37. The Balaban J connectivity index is 2.08. The van der Waals surface area contributed by atoms with Crippen LogP contribution < -0.4 is 5.32 Å². The van der Waals surface area contributed by atoms with Gasteiger partial charge in [-0.25, -0.2) is 9.97 Å². The van der Waals surface area contributed by atoms with Crippen molar-refractivity contribution in [1.82, 2.24) is 9.97 Å². The van der Waals surface area contributed by atoms with E-state index in [1.807, 2.05) is 6.07 Å². The van der Waals surface area contributed by atoms with Crippen LogP contribution >= 0.6 is 0 Å². The summed E-state index contributed by atoms with van der Waals surface area (Å²) in [5, 5.41) is 12.7. The van der Waals surface area contributed by atoms with E-state index in [-0.39, 0.29) is 12.1 Å². The van der Waals surface area contributed by atoms with Crippen LogP contribution in [0.5, 0.6) is 0 Å². The number of aliphatic hydroxyl groups excluding tert-OH is 1. The molecule has 1 heterocycles. The highest BCUT2D eigenvalue weighted by Gasteiger charge is 2.33. The Hall–Kier alpha value is -1.16. The maximum Gasteiger partial charge on any atom is 0.129 e. The lowest BCUT2D eigenvalue weighted by Gasteiger charge is -2.28. The fourth-order valence-corrected chi connectivity index (χ4v) is 2.01. The number of hydrogen-bond donors (Lipinski definition) is 2. The standard InChI is InChI=1S/C10H15N3O/c14-7-10(4-1-2-5-10)13-9-3-6-11-8-12-9/h3,6,8,14H,1-2,4-5,7H2,(H,11,12,13). The Morgan fingerprint density at radius 3 is 2.79 bits per heavy atom. The van der Waals surface area contributed by atoms with E-state index >= 15 is 0 Å². The fraction of sp³-hybridized carbons (Fsp3) is 0.600. The molecule has 0 aliphatic heterocycles. The van der Waals surface area contributed by atoms with Crippen molar-refractivity contribution in [2.24, 2.45) is 0 Å². The average molecular weight is 193 g/mol. The lowest BCUT2D eigenvalue weighted by atomic mass is 9.99. The molecular formula is C10H15N3O. The lowest BCUT2D eigenvalue weighted by molar-refractivity contribution is 0.214. The van der Waals surface area contributed by atoms with Crippen molar-refractivity contribution in [3.8, 4) is 0 Å². The fourth-order valence-electron chi connectivity index (χ4n) is 2.01. The molecule has 1 aromatic heterocycles. The summed E-state index contributed by atoms with van der Waals surface area (Å²) in [5.74, 6) is 0.802. The molecule has 1 aliphatic carbocycles. The first kappa shape index (κ1) is 9.40. The molecule has 2 N–H and O–H groups in total. The Morgan fingerprint density at radius 2 is 2.21 bits per heavy atom. The zero-order chi connectivity index (χ0) is 9.86. The topological polar surface area (TPSA) is 58.0 Å². The number of nitrogens with zero attached hydrogens (tertiary/aromatic N) is 2. The van der Waals surface area contributed by atoms with Gasteiger partial charge in [0.1, 0.15) is 12.1 Å². The van der Waals surface area contributed by atoms with E-state index in [1.165, 1.54) is 19.2 Å². The molecule has 0 amide bonds. The van der Waals surface area contributed by atoms with E-state index in [0.717, 1.165) is 18.7 Å². The number of anilines is 1. The van der Waals surface area contributed by atoms with Gasteiger partial charge < -0.3 is 10.4 Å². The van der Waals surface area contributed by atoms with Crippen molar-refractivity contribution in [1.29, 1.82) is 0 Å². The zero-order valence-corrected chi connectivity index (χ0v) is 8.11. The van der Waals surface area contributed by atoms with Crippen molar-refractivity contribution in [3.05, 3.63) is 18.6 Å². The molecule has 0 spiro atoms. The molecule has 1 saturated carbocycles. The smallest absolute Gasteiger partial charge is 0.129 e. The van der Waals surface area contributed by atoms with Gasteiger partial charge in [0, 0.05) is 6.20 Å². The molecule has 4 heteroatoms. The summed E-state index contributed by atoms with van der Waals surface area (Å²) in [6.07, 6.45) is 7.62. The minimum atomic E-state index is -0.144. The van der Waals surface area contributed by atoms with Gasteiger partial charge in [-0.2, -0.15) is 0 Å². The number of aromatic nitrogens is 2. The molecule has 76 valence electrons. The molecule has 1 aliphatic rings. The predicted molar refractivity (Wildman–Crippen MR) is 53.9 cm³/mol. The minimum absolute atomic E-state index is 0.144. The number of hydrogen-bond acceptors (Lipinski definition) is 4. The van der Waals surface area contributed by atoms with Gasteiger partial charge in [-0.05, 0) is 18.9 Å². The molecule has 0 atom stereocenters. The molecule has 0 bridgehead atoms. The summed E-state index contributed by atoms with van der Waals surface area (Å²) in [6, 6.07) is 1.83. The van der Waals surface area contributed by atoms with Crippen LogP contribution in [0.15, 0.2) is 18.6 Å². The van der Waals surface area contributed by atoms with Gasteiger partial charge in [-0.15, -0.1) is 0 Å². The van der Waals surface area contributed by atoms with E-state index in [2.05, 4.69) is 15.3 Å².